The molecule has 0 spiro atoms. The van der Waals surface area contributed by atoms with Gasteiger partial charge in [0.05, 0.1) is 0 Å². The van der Waals surface area contributed by atoms with E-state index in [1.165, 1.54) is 17.3 Å². The van der Waals surface area contributed by atoms with E-state index in [1.54, 1.807) is 19.1 Å². The first-order valence-electron chi connectivity index (χ1n) is 10.8. The van der Waals surface area contributed by atoms with Crippen molar-refractivity contribution in [2.75, 3.05) is 38.6 Å². The molecule has 2 atom stereocenters. The van der Waals surface area contributed by atoms with Crippen LogP contribution in [0.2, 0.25) is 0 Å². The third-order valence-electron chi connectivity index (χ3n) is 6.11. The lowest BCUT2D eigenvalue weighted by atomic mass is 9.88. The first-order valence-corrected chi connectivity index (χ1v) is 10.8. The third-order valence-corrected chi connectivity index (χ3v) is 6.11. The van der Waals surface area contributed by atoms with Gasteiger partial charge >= 0.3 is 0 Å². The van der Waals surface area contributed by atoms with E-state index in [0.717, 1.165) is 25.2 Å². The van der Waals surface area contributed by atoms with Crippen LogP contribution < -0.4 is 4.90 Å². The molecule has 1 saturated heterocycles. The van der Waals surface area contributed by atoms with Crippen LogP contribution in [0.15, 0.2) is 48.5 Å². The fraction of sp³-hybridized carbons (Fsp3) is 0.480. The molecule has 1 amide bonds. The highest BCUT2D eigenvalue weighted by Gasteiger charge is 2.36. The second-order valence-corrected chi connectivity index (χ2v) is 8.94. The van der Waals surface area contributed by atoms with Gasteiger partial charge in [-0.2, -0.15) is 0 Å². The van der Waals surface area contributed by atoms with Gasteiger partial charge in [0.15, 0.2) is 0 Å². The molecule has 30 heavy (non-hydrogen) atoms. The summed E-state index contributed by atoms with van der Waals surface area (Å²) in [6, 6.07) is 15.7. The Morgan fingerprint density at radius 2 is 1.83 bits per heavy atom. The van der Waals surface area contributed by atoms with E-state index in [0.29, 0.717) is 6.54 Å². The molecular formula is C25H34FN3O. The first kappa shape index (κ1) is 22.3. The number of carbonyl (C=O) groups excluding carboxylic acids is 1. The molecular weight excluding hydrogens is 377 g/mol. The van der Waals surface area contributed by atoms with Crippen LogP contribution in [0.25, 0.3) is 0 Å². The number of carbonyl (C=O) groups is 1. The minimum absolute atomic E-state index is 0.0979. The van der Waals surface area contributed by atoms with Crippen LogP contribution in [0.5, 0.6) is 0 Å². The van der Waals surface area contributed by atoms with E-state index < -0.39 is 0 Å². The minimum atomic E-state index is -0.198. The summed E-state index contributed by atoms with van der Waals surface area (Å²) < 4.78 is 13.9. The van der Waals surface area contributed by atoms with Crippen molar-refractivity contribution in [1.29, 1.82) is 0 Å². The number of hydrogen-bond acceptors (Lipinski definition) is 3. The molecule has 0 radical (unpaired) electrons. The van der Waals surface area contributed by atoms with Crippen LogP contribution in [-0.4, -0.2) is 55.5 Å². The van der Waals surface area contributed by atoms with Gasteiger partial charge < -0.3 is 9.80 Å². The molecule has 5 heteroatoms. The number of nitrogens with zero attached hydrogens (tertiary/aromatic N) is 3. The van der Waals surface area contributed by atoms with Crippen LogP contribution in [0, 0.1) is 11.7 Å². The molecule has 2 aromatic carbocycles. The van der Waals surface area contributed by atoms with Crippen molar-refractivity contribution in [1.82, 2.24) is 9.80 Å². The summed E-state index contributed by atoms with van der Waals surface area (Å²) in [5, 5.41) is 0. The Balaban J connectivity index is 1.79. The molecule has 2 unspecified atom stereocenters. The largest absolute Gasteiger partial charge is 0.378 e. The molecule has 0 N–H and O–H groups in total. The molecule has 1 aliphatic rings. The SMILES string of the molecule is CC(=O)N(CC1CN(Cc2ccc(N(C)C)cc2)CC1c1cccc(F)c1)C(C)C. The average molecular weight is 412 g/mol. The maximum absolute atomic E-state index is 13.9. The second kappa shape index (κ2) is 9.61. The van der Waals surface area contributed by atoms with Gasteiger partial charge in [-0.3, -0.25) is 9.69 Å². The standard InChI is InChI=1S/C25H34FN3O/c1-18(2)29(19(3)30)16-22-15-28(14-20-9-11-24(12-10-20)27(4)5)17-25(22)21-7-6-8-23(26)13-21/h6-13,18,22,25H,14-17H2,1-5H3. The summed E-state index contributed by atoms with van der Waals surface area (Å²) in [4.78, 5) is 18.6. The highest BCUT2D eigenvalue weighted by Crippen LogP contribution is 2.35. The topological polar surface area (TPSA) is 26.8 Å². The number of benzene rings is 2. The van der Waals surface area contributed by atoms with Crippen LogP contribution >= 0.6 is 0 Å². The highest BCUT2D eigenvalue weighted by molar-refractivity contribution is 5.73. The zero-order chi connectivity index (χ0) is 21.8. The Labute approximate surface area is 180 Å². The zero-order valence-electron chi connectivity index (χ0n) is 18.8. The predicted octanol–water partition coefficient (Wildman–Crippen LogP) is 4.36. The van der Waals surface area contributed by atoms with E-state index in [4.69, 9.17) is 0 Å². The average Bonchev–Trinajstić information content (AvgIpc) is 3.08. The molecule has 0 bridgehead atoms. The van der Waals surface area contributed by atoms with Crippen molar-refractivity contribution in [3.05, 3.63) is 65.5 Å². The molecule has 4 nitrogen and oxygen atoms in total. The van der Waals surface area contributed by atoms with Gasteiger partial charge in [-0.15, -0.1) is 0 Å². The van der Waals surface area contributed by atoms with Crippen LogP contribution in [-0.2, 0) is 11.3 Å². The van der Waals surface area contributed by atoms with E-state index in [-0.39, 0.29) is 29.6 Å². The Bertz CT molecular complexity index is 850. The van der Waals surface area contributed by atoms with Gasteiger partial charge in [-0.05, 0) is 55.2 Å². The summed E-state index contributed by atoms with van der Waals surface area (Å²) in [7, 11) is 4.08. The lowest BCUT2D eigenvalue weighted by Gasteiger charge is -2.30. The number of rotatable bonds is 7. The summed E-state index contributed by atoms with van der Waals surface area (Å²) in [5.74, 6) is 0.387. The quantitative estimate of drug-likeness (QED) is 0.677. The van der Waals surface area contributed by atoms with Gasteiger partial charge in [-0.25, -0.2) is 4.39 Å². The van der Waals surface area contributed by atoms with E-state index in [1.807, 2.05) is 25.1 Å². The molecule has 2 aromatic rings. The first-order chi connectivity index (χ1) is 14.2. The van der Waals surface area contributed by atoms with Crippen molar-refractivity contribution in [2.45, 2.75) is 39.3 Å². The smallest absolute Gasteiger partial charge is 0.219 e. The van der Waals surface area contributed by atoms with Crippen molar-refractivity contribution in [3.8, 4) is 0 Å². The molecule has 0 aliphatic carbocycles. The Morgan fingerprint density at radius 1 is 1.13 bits per heavy atom. The number of hydrogen-bond donors (Lipinski definition) is 0. The minimum Gasteiger partial charge on any atom is -0.378 e. The molecule has 1 fully saturated rings. The van der Waals surface area contributed by atoms with Crippen LogP contribution in [0.4, 0.5) is 10.1 Å². The predicted molar refractivity (Wildman–Crippen MR) is 121 cm³/mol. The second-order valence-electron chi connectivity index (χ2n) is 8.94. The fourth-order valence-corrected chi connectivity index (χ4v) is 4.50. The van der Waals surface area contributed by atoms with E-state index >= 15 is 0 Å². The number of anilines is 1. The summed E-state index contributed by atoms with van der Waals surface area (Å²) in [5.41, 5.74) is 3.48. The van der Waals surface area contributed by atoms with Crippen molar-refractivity contribution in [3.63, 3.8) is 0 Å². The van der Waals surface area contributed by atoms with Gasteiger partial charge in [0.25, 0.3) is 0 Å². The lowest BCUT2D eigenvalue weighted by Crippen LogP contribution is -2.40. The van der Waals surface area contributed by atoms with E-state index in [9.17, 15) is 9.18 Å². The third kappa shape index (κ3) is 5.39. The monoisotopic (exact) mass is 411 g/mol. The fourth-order valence-electron chi connectivity index (χ4n) is 4.50. The number of halogens is 1. The van der Waals surface area contributed by atoms with Crippen molar-refractivity contribution < 1.29 is 9.18 Å². The molecule has 0 aromatic heterocycles. The number of amides is 1. The Kier molecular flexibility index (Phi) is 7.14. The molecule has 1 heterocycles. The zero-order valence-corrected chi connectivity index (χ0v) is 18.8. The van der Waals surface area contributed by atoms with Crippen molar-refractivity contribution >= 4 is 11.6 Å². The van der Waals surface area contributed by atoms with Gasteiger partial charge in [-0.1, -0.05) is 24.3 Å². The molecule has 3 rings (SSSR count). The van der Waals surface area contributed by atoms with Crippen molar-refractivity contribution in [2.24, 2.45) is 5.92 Å². The summed E-state index contributed by atoms with van der Waals surface area (Å²) >= 11 is 0. The van der Waals surface area contributed by atoms with Crippen LogP contribution in [0.1, 0.15) is 37.8 Å². The Hall–Kier alpha value is -2.40. The normalized spacial score (nSPS) is 19.3. The highest BCUT2D eigenvalue weighted by atomic mass is 19.1. The van der Waals surface area contributed by atoms with Gasteiger partial charge in [0.2, 0.25) is 5.91 Å². The van der Waals surface area contributed by atoms with E-state index in [2.05, 4.69) is 47.9 Å². The summed E-state index contributed by atoms with van der Waals surface area (Å²) in [6.45, 7) is 9.06. The lowest BCUT2D eigenvalue weighted by molar-refractivity contribution is -0.131. The summed E-state index contributed by atoms with van der Waals surface area (Å²) in [6.07, 6.45) is 0. The Morgan fingerprint density at radius 3 is 2.40 bits per heavy atom. The molecule has 0 saturated carbocycles. The number of likely N-dealkylation sites (tertiary alicyclic amines) is 1. The molecule has 1 aliphatic heterocycles. The maximum atomic E-state index is 13.9. The maximum Gasteiger partial charge on any atom is 0.219 e. The van der Waals surface area contributed by atoms with Gasteiger partial charge in [0, 0.05) is 64.8 Å². The van der Waals surface area contributed by atoms with Crippen LogP contribution in [0.3, 0.4) is 0 Å². The van der Waals surface area contributed by atoms with Gasteiger partial charge in [0.1, 0.15) is 5.82 Å². The molecule has 162 valence electrons.